The minimum Gasteiger partial charge on any atom is -0.377 e. The third kappa shape index (κ3) is 6.62. The molecule has 6 aromatic rings. The van der Waals surface area contributed by atoms with Gasteiger partial charge in [-0.05, 0) is 57.2 Å². The first-order valence-electron chi connectivity index (χ1n) is 17.1. The van der Waals surface area contributed by atoms with E-state index < -0.39 is 0 Å². The lowest BCUT2D eigenvalue weighted by molar-refractivity contribution is 1.02. The summed E-state index contributed by atoms with van der Waals surface area (Å²) in [5.74, 6) is 4.41. The molecular weight excluding hydrogens is 631 g/mol. The summed E-state index contributed by atoms with van der Waals surface area (Å²) in [5, 5.41) is 0. The Morgan fingerprint density at radius 1 is 0.333 bits per heavy atom. The standard InChI is InChI=1S/C42H45N9/c1-28-10-16-31(17-11-28)49-37-22-34(46(4)5)24-39(43-37)50(32-18-12-29(2)13-19-32)41-26-36(48(8)9)27-42(45-41)51(33-20-14-30(3)15-21-33)40-25-35(47(6)7)23-38(49)44-40/h10-27H,1-9H3. The molecule has 3 aromatic heterocycles. The Hall–Kier alpha value is -6.09. The van der Waals surface area contributed by atoms with Gasteiger partial charge in [-0.25, -0.2) is 15.0 Å². The summed E-state index contributed by atoms with van der Waals surface area (Å²) >= 11 is 0. The van der Waals surface area contributed by atoms with Crippen LogP contribution in [0.1, 0.15) is 16.7 Å². The molecule has 0 amide bonds. The molecule has 0 saturated carbocycles. The first-order chi connectivity index (χ1) is 24.4. The lowest BCUT2D eigenvalue weighted by atomic mass is 10.1. The number of benzene rings is 3. The summed E-state index contributed by atoms with van der Waals surface area (Å²) in [6.45, 7) is 6.31. The molecule has 0 radical (unpaired) electrons. The number of pyridine rings is 3. The summed E-state index contributed by atoms with van der Waals surface area (Å²) in [7, 11) is 12.4. The van der Waals surface area contributed by atoms with E-state index in [0.29, 0.717) is 0 Å². The van der Waals surface area contributed by atoms with Crippen LogP contribution in [0.15, 0.2) is 109 Å². The van der Waals surface area contributed by atoms with Crippen molar-refractivity contribution in [3.63, 3.8) is 0 Å². The molecule has 51 heavy (non-hydrogen) atoms. The van der Waals surface area contributed by atoms with Crippen LogP contribution >= 0.6 is 0 Å². The Kier molecular flexibility index (Phi) is 8.73. The van der Waals surface area contributed by atoms with Crippen LogP contribution in [0.25, 0.3) is 0 Å². The molecule has 1 aliphatic rings. The molecule has 258 valence electrons. The van der Waals surface area contributed by atoms with Crippen LogP contribution in [0.4, 0.5) is 69.0 Å². The van der Waals surface area contributed by atoms with Crippen molar-refractivity contribution in [1.29, 1.82) is 0 Å². The van der Waals surface area contributed by atoms with Gasteiger partial charge in [0.15, 0.2) is 0 Å². The van der Waals surface area contributed by atoms with Crippen molar-refractivity contribution in [2.24, 2.45) is 0 Å². The third-order valence-electron chi connectivity index (χ3n) is 9.15. The number of nitrogens with zero attached hydrogens (tertiary/aromatic N) is 9. The summed E-state index contributed by atoms with van der Waals surface area (Å²) in [5.41, 5.74) is 9.39. The molecule has 0 atom stereocenters. The average molecular weight is 676 g/mol. The van der Waals surface area contributed by atoms with Gasteiger partial charge in [-0.15, -0.1) is 0 Å². The van der Waals surface area contributed by atoms with Crippen molar-refractivity contribution < 1.29 is 0 Å². The van der Waals surface area contributed by atoms with E-state index in [1.165, 1.54) is 16.7 Å². The molecule has 1 aliphatic heterocycles. The highest BCUT2D eigenvalue weighted by molar-refractivity contribution is 5.86. The van der Waals surface area contributed by atoms with Crippen molar-refractivity contribution >= 4 is 69.0 Å². The number of hydrogen-bond donors (Lipinski definition) is 0. The lowest BCUT2D eigenvalue weighted by Crippen LogP contribution is -2.23. The van der Waals surface area contributed by atoms with E-state index in [4.69, 9.17) is 15.0 Å². The average Bonchev–Trinajstić information content (AvgIpc) is 3.10. The second kappa shape index (κ2) is 13.3. The first kappa shape index (κ1) is 33.4. The minimum atomic E-state index is 0.734. The zero-order chi connectivity index (χ0) is 36.0. The molecule has 9 nitrogen and oxygen atoms in total. The molecule has 3 aromatic carbocycles. The van der Waals surface area contributed by atoms with Gasteiger partial charge in [-0.2, -0.15) is 0 Å². The highest BCUT2D eigenvalue weighted by atomic mass is 15.3. The van der Waals surface area contributed by atoms with Gasteiger partial charge < -0.3 is 14.7 Å². The van der Waals surface area contributed by atoms with Crippen LogP contribution in [-0.4, -0.2) is 57.2 Å². The van der Waals surface area contributed by atoms with Gasteiger partial charge in [0, 0.05) is 113 Å². The van der Waals surface area contributed by atoms with E-state index in [0.717, 1.165) is 69.0 Å². The highest BCUT2D eigenvalue weighted by Gasteiger charge is 2.27. The predicted molar refractivity (Wildman–Crippen MR) is 215 cm³/mol. The second-order valence-corrected chi connectivity index (χ2v) is 13.8. The molecule has 0 aliphatic carbocycles. The largest absolute Gasteiger partial charge is 0.377 e. The molecule has 0 N–H and O–H groups in total. The second-order valence-electron chi connectivity index (χ2n) is 13.8. The fourth-order valence-corrected chi connectivity index (χ4v) is 6.15. The fourth-order valence-electron chi connectivity index (χ4n) is 6.15. The molecule has 0 saturated heterocycles. The van der Waals surface area contributed by atoms with Gasteiger partial charge in [0.25, 0.3) is 0 Å². The summed E-state index contributed by atoms with van der Waals surface area (Å²) in [4.78, 5) is 29.2. The Labute approximate surface area is 301 Å². The number of rotatable bonds is 6. The van der Waals surface area contributed by atoms with Gasteiger partial charge in [-0.1, -0.05) is 53.1 Å². The summed E-state index contributed by atoms with van der Waals surface area (Å²) < 4.78 is 0. The van der Waals surface area contributed by atoms with Crippen molar-refractivity contribution in [3.05, 3.63) is 126 Å². The van der Waals surface area contributed by atoms with E-state index >= 15 is 0 Å². The monoisotopic (exact) mass is 675 g/mol. The Morgan fingerprint density at radius 3 is 0.706 bits per heavy atom. The predicted octanol–water partition coefficient (Wildman–Crippen LogP) is 9.72. The summed E-state index contributed by atoms with van der Waals surface area (Å²) in [6, 6.07) is 38.4. The Balaban J connectivity index is 1.65. The number of hydrogen-bond acceptors (Lipinski definition) is 9. The molecule has 0 spiro atoms. The number of anilines is 12. The maximum Gasteiger partial charge on any atom is 0.143 e. The van der Waals surface area contributed by atoms with Gasteiger partial charge in [0.2, 0.25) is 0 Å². The minimum absolute atomic E-state index is 0.734. The van der Waals surface area contributed by atoms with Gasteiger partial charge in [0.1, 0.15) is 34.9 Å². The van der Waals surface area contributed by atoms with Gasteiger partial charge in [-0.3, -0.25) is 14.7 Å². The van der Waals surface area contributed by atoms with Gasteiger partial charge in [0.05, 0.1) is 0 Å². The normalized spacial score (nSPS) is 12.3. The molecule has 7 rings (SSSR count). The maximum absolute atomic E-state index is 5.46. The van der Waals surface area contributed by atoms with E-state index in [9.17, 15) is 0 Å². The maximum atomic E-state index is 5.46. The van der Waals surface area contributed by atoms with Crippen LogP contribution in [0, 0.1) is 20.8 Å². The van der Waals surface area contributed by atoms with E-state index in [1.54, 1.807) is 0 Å². The van der Waals surface area contributed by atoms with Crippen LogP contribution in [0.5, 0.6) is 0 Å². The number of fused-ring (bicyclic) bond motifs is 6. The molecule has 0 unspecified atom stereocenters. The van der Waals surface area contributed by atoms with Crippen molar-refractivity contribution in [2.75, 3.05) is 71.7 Å². The number of aryl methyl sites for hydroxylation is 3. The zero-order valence-corrected chi connectivity index (χ0v) is 30.9. The Morgan fingerprint density at radius 2 is 0.529 bits per heavy atom. The zero-order valence-electron chi connectivity index (χ0n) is 30.9. The fraction of sp³-hybridized carbons (Fsp3) is 0.214. The SMILES string of the molecule is Cc1ccc(N2c3cc(N(C)C)cc(n3)N(c3ccc(C)cc3)c3cc(N(C)C)cc(n3)N(c3ccc(C)cc3)c3cc(N(C)C)cc2n3)cc1. The Bertz CT molecular complexity index is 1860. The first-order valence-corrected chi connectivity index (χ1v) is 17.1. The van der Waals surface area contributed by atoms with E-state index in [2.05, 4.69) is 202 Å². The molecular formula is C42H45N9. The van der Waals surface area contributed by atoms with Crippen molar-refractivity contribution in [3.8, 4) is 0 Å². The van der Waals surface area contributed by atoms with E-state index in [-0.39, 0.29) is 0 Å². The van der Waals surface area contributed by atoms with Crippen LogP contribution in [0.3, 0.4) is 0 Å². The van der Waals surface area contributed by atoms with Crippen molar-refractivity contribution in [1.82, 2.24) is 15.0 Å². The van der Waals surface area contributed by atoms with Crippen LogP contribution in [0.2, 0.25) is 0 Å². The number of aromatic nitrogens is 3. The summed E-state index contributed by atoms with van der Waals surface area (Å²) in [6.07, 6.45) is 0. The quantitative estimate of drug-likeness (QED) is 0.171. The molecule has 9 heteroatoms. The van der Waals surface area contributed by atoms with E-state index in [1.807, 2.05) is 0 Å². The highest BCUT2D eigenvalue weighted by Crippen LogP contribution is 2.45. The third-order valence-corrected chi connectivity index (χ3v) is 9.15. The van der Waals surface area contributed by atoms with Gasteiger partial charge >= 0.3 is 0 Å². The smallest absolute Gasteiger partial charge is 0.143 e. The van der Waals surface area contributed by atoms with Crippen molar-refractivity contribution in [2.45, 2.75) is 20.8 Å². The van der Waals surface area contributed by atoms with Crippen LogP contribution < -0.4 is 29.4 Å². The molecule has 4 heterocycles. The topological polar surface area (TPSA) is 58.1 Å². The van der Waals surface area contributed by atoms with Crippen LogP contribution in [-0.2, 0) is 0 Å². The lowest BCUT2D eigenvalue weighted by Gasteiger charge is -2.33. The molecule has 6 bridgehead atoms. The molecule has 0 fully saturated rings.